The molecule has 2 aromatic heterocycles. The van der Waals surface area contributed by atoms with Crippen molar-refractivity contribution in [3.8, 4) is 11.3 Å². The first-order valence-corrected chi connectivity index (χ1v) is 13.9. The van der Waals surface area contributed by atoms with E-state index in [2.05, 4.69) is 36.6 Å². The summed E-state index contributed by atoms with van der Waals surface area (Å²) in [5.74, 6) is 0.755. The van der Waals surface area contributed by atoms with Gasteiger partial charge in [-0.2, -0.15) is 0 Å². The Kier molecular flexibility index (Phi) is 8.04. The van der Waals surface area contributed by atoms with E-state index in [1.54, 1.807) is 38.4 Å². The number of amides is 2. The lowest BCUT2D eigenvalue weighted by atomic mass is 9.95. The third-order valence-corrected chi connectivity index (χ3v) is 7.76. The van der Waals surface area contributed by atoms with Gasteiger partial charge in [0.05, 0.1) is 16.3 Å². The SMILES string of the molecule is CC(C)(F)c1cccc(-c2ncccc2CNCC2CCN(c3nccc(C=C4SC(=O)NC4=O)n3)CC2)c1. The number of hydrogen-bond donors (Lipinski definition) is 2. The maximum Gasteiger partial charge on any atom is 0.290 e. The maximum atomic E-state index is 14.5. The zero-order valence-corrected chi connectivity index (χ0v) is 22.8. The van der Waals surface area contributed by atoms with Gasteiger partial charge in [0.25, 0.3) is 11.1 Å². The lowest BCUT2D eigenvalue weighted by Crippen LogP contribution is -2.38. The summed E-state index contributed by atoms with van der Waals surface area (Å²) in [5, 5.41) is 5.49. The van der Waals surface area contributed by atoms with Crippen LogP contribution in [0.5, 0.6) is 0 Å². The largest absolute Gasteiger partial charge is 0.341 e. The predicted octanol–water partition coefficient (Wildman–Crippen LogP) is 5.07. The standard InChI is InChI=1S/C29H31FN6O2S/c1-29(2,30)22-7-3-5-20(15-22)25-21(6-4-11-32-25)18-31-17-19-9-13-36(14-10-19)27-33-12-8-23(34-27)16-24-26(37)35-28(38)39-24/h3-8,11-12,15-16,19,31H,9-10,13-14,17-18H2,1-2H3,(H,35,37,38). The van der Waals surface area contributed by atoms with Gasteiger partial charge in [0.1, 0.15) is 5.67 Å². The molecular formula is C29H31FN6O2S. The number of alkyl halides is 1. The molecule has 2 fully saturated rings. The summed E-state index contributed by atoms with van der Waals surface area (Å²) in [5.41, 5.74) is 2.70. The highest BCUT2D eigenvalue weighted by Crippen LogP contribution is 2.30. The lowest BCUT2D eigenvalue weighted by molar-refractivity contribution is -0.115. The van der Waals surface area contributed by atoms with E-state index in [0.717, 1.165) is 61.1 Å². The van der Waals surface area contributed by atoms with E-state index in [0.29, 0.717) is 34.6 Å². The van der Waals surface area contributed by atoms with E-state index < -0.39 is 11.6 Å². The molecule has 0 unspecified atom stereocenters. The van der Waals surface area contributed by atoms with Crippen LogP contribution in [0, 0.1) is 5.92 Å². The number of thioether (sulfide) groups is 1. The van der Waals surface area contributed by atoms with E-state index in [4.69, 9.17) is 0 Å². The molecule has 0 bridgehead atoms. The van der Waals surface area contributed by atoms with E-state index in [9.17, 15) is 14.0 Å². The van der Waals surface area contributed by atoms with Crippen molar-refractivity contribution in [2.45, 2.75) is 38.9 Å². The second kappa shape index (κ2) is 11.6. The number of anilines is 1. The van der Waals surface area contributed by atoms with Gasteiger partial charge in [0.15, 0.2) is 0 Å². The van der Waals surface area contributed by atoms with Gasteiger partial charge >= 0.3 is 0 Å². The Morgan fingerprint density at radius 2 is 1.95 bits per heavy atom. The minimum Gasteiger partial charge on any atom is -0.341 e. The summed E-state index contributed by atoms with van der Waals surface area (Å²) in [6, 6.07) is 13.3. The van der Waals surface area contributed by atoms with Crippen LogP contribution in [0.2, 0.25) is 0 Å². The van der Waals surface area contributed by atoms with Crippen molar-refractivity contribution in [2.75, 3.05) is 24.5 Å². The second-order valence-electron chi connectivity index (χ2n) is 10.3. The zero-order valence-electron chi connectivity index (χ0n) is 22.0. The summed E-state index contributed by atoms with van der Waals surface area (Å²) >= 11 is 0.879. The van der Waals surface area contributed by atoms with Gasteiger partial charge in [-0.05, 0) is 86.3 Å². The molecule has 8 nitrogen and oxygen atoms in total. The number of aromatic nitrogens is 3. The number of hydrogen-bond acceptors (Lipinski definition) is 8. The first-order chi connectivity index (χ1) is 18.8. The molecule has 39 heavy (non-hydrogen) atoms. The molecule has 0 radical (unpaired) electrons. The van der Waals surface area contributed by atoms with Crippen LogP contribution in [0.4, 0.5) is 15.1 Å². The quantitative estimate of drug-likeness (QED) is 0.378. The number of halogens is 1. The third kappa shape index (κ3) is 6.69. The molecule has 2 N–H and O–H groups in total. The van der Waals surface area contributed by atoms with Gasteiger partial charge in [0, 0.05) is 37.6 Å². The summed E-state index contributed by atoms with van der Waals surface area (Å²) < 4.78 is 14.5. The fourth-order valence-corrected chi connectivity index (χ4v) is 5.44. The molecule has 2 aliphatic heterocycles. The average molecular weight is 547 g/mol. The molecule has 1 aromatic carbocycles. The highest BCUT2D eigenvalue weighted by Gasteiger charge is 2.26. The van der Waals surface area contributed by atoms with Crippen molar-refractivity contribution in [1.29, 1.82) is 0 Å². The van der Waals surface area contributed by atoms with Crippen LogP contribution in [0.3, 0.4) is 0 Å². The Labute approximate surface area is 231 Å². The third-order valence-electron chi connectivity index (χ3n) is 6.94. The summed E-state index contributed by atoms with van der Waals surface area (Å²) in [6.45, 7) is 6.37. The molecule has 4 heterocycles. The van der Waals surface area contributed by atoms with E-state index >= 15 is 0 Å². The first kappa shape index (κ1) is 27.0. The Morgan fingerprint density at radius 3 is 2.69 bits per heavy atom. The number of imide groups is 1. The van der Waals surface area contributed by atoms with Crippen LogP contribution in [0.15, 0.2) is 59.8 Å². The topological polar surface area (TPSA) is 100 Å². The Morgan fingerprint density at radius 1 is 1.13 bits per heavy atom. The molecule has 202 valence electrons. The molecule has 0 spiro atoms. The van der Waals surface area contributed by atoms with E-state index in [-0.39, 0.29) is 5.24 Å². The highest BCUT2D eigenvalue weighted by molar-refractivity contribution is 8.18. The molecule has 2 amide bonds. The van der Waals surface area contributed by atoms with E-state index in [1.165, 1.54) is 0 Å². The normalized spacial score (nSPS) is 17.6. The number of carbonyl (C=O) groups is 2. The minimum atomic E-state index is -1.41. The monoisotopic (exact) mass is 546 g/mol. The Bertz CT molecular complexity index is 1400. The number of nitrogens with zero attached hydrogens (tertiary/aromatic N) is 4. The molecule has 5 rings (SSSR count). The van der Waals surface area contributed by atoms with Crippen LogP contribution in [0.25, 0.3) is 17.3 Å². The molecule has 10 heteroatoms. The highest BCUT2D eigenvalue weighted by atomic mass is 32.2. The molecule has 2 saturated heterocycles. The fraction of sp³-hybridized carbons (Fsp3) is 0.345. The second-order valence-corrected chi connectivity index (χ2v) is 11.3. The van der Waals surface area contributed by atoms with Gasteiger partial charge < -0.3 is 10.2 Å². The number of carbonyl (C=O) groups excluding carboxylic acids is 2. The smallest absolute Gasteiger partial charge is 0.290 e. The van der Waals surface area contributed by atoms with Crippen molar-refractivity contribution < 1.29 is 14.0 Å². The molecule has 2 aliphatic rings. The first-order valence-electron chi connectivity index (χ1n) is 13.0. The van der Waals surface area contributed by atoms with Crippen molar-refractivity contribution in [1.82, 2.24) is 25.6 Å². The molecule has 0 saturated carbocycles. The van der Waals surface area contributed by atoms with Crippen LogP contribution < -0.4 is 15.5 Å². The van der Waals surface area contributed by atoms with Crippen molar-refractivity contribution in [2.24, 2.45) is 5.92 Å². The molecule has 3 aromatic rings. The Balaban J connectivity index is 1.15. The molecule has 0 aliphatic carbocycles. The zero-order chi connectivity index (χ0) is 27.4. The fourth-order valence-electron chi connectivity index (χ4n) is 4.78. The van der Waals surface area contributed by atoms with Gasteiger partial charge in [-0.3, -0.25) is 19.9 Å². The molecular weight excluding hydrogens is 515 g/mol. The van der Waals surface area contributed by atoms with Crippen molar-refractivity contribution in [3.05, 3.63) is 76.6 Å². The molecule has 0 atom stereocenters. The van der Waals surface area contributed by atoms with Crippen LogP contribution in [-0.4, -0.2) is 45.7 Å². The van der Waals surface area contributed by atoms with Crippen molar-refractivity contribution >= 4 is 34.9 Å². The maximum absolute atomic E-state index is 14.5. The van der Waals surface area contributed by atoms with Crippen molar-refractivity contribution in [3.63, 3.8) is 0 Å². The number of piperidine rings is 1. The summed E-state index contributed by atoms with van der Waals surface area (Å²) in [4.78, 5) is 39.4. The predicted molar refractivity (Wildman–Crippen MR) is 152 cm³/mol. The number of pyridine rings is 1. The van der Waals surface area contributed by atoms with Crippen LogP contribution in [0.1, 0.15) is 43.5 Å². The van der Waals surface area contributed by atoms with E-state index in [1.807, 2.05) is 30.3 Å². The van der Waals surface area contributed by atoms with Gasteiger partial charge in [0.2, 0.25) is 5.95 Å². The number of nitrogens with one attached hydrogen (secondary N) is 2. The number of rotatable bonds is 8. The van der Waals surface area contributed by atoms with Crippen LogP contribution >= 0.6 is 11.8 Å². The lowest BCUT2D eigenvalue weighted by Gasteiger charge is -2.32. The summed E-state index contributed by atoms with van der Waals surface area (Å²) in [7, 11) is 0. The minimum absolute atomic E-state index is 0.338. The van der Waals surface area contributed by atoms with Gasteiger partial charge in [-0.15, -0.1) is 0 Å². The van der Waals surface area contributed by atoms with Gasteiger partial charge in [-0.1, -0.05) is 24.3 Å². The number of benzene rings is 1. The summed E-state index contributed by atoms with van der Waals surface area (Å²) in [6.07, 6.45) is 7.08. The van der Waals surface area contributed by atoms with Crippen LogP contribution in [-0.2, 0) is 17.0 Å². The Hall–Kier alpha value is -3.63. The average Bonchev–Trinajstić information content (AvgIpc) is 3.25. The van der Waals surface area contributed by atoms with Gasteiger partial charge in [-0.25, -0.2) is 14.4 Å².